The number of nitrogens with zero attached hydrogens (tertiary/aromatic N) is 1. The molecular formula is C14H19N3O. The zero-order chi connectivity index (χ0) is 12.8. The van der Waals surface area contributed by atoms with Crippen LogP contribution in [0.15, 0.2) is 36.7 Å². The molecule has 2 rings (SSSR count). The molecule has 0 spiro atoms. The molecule has 0 radical (unpaired) electrons. The summed E-state index contributed by atoms with van der Waals surface area (Å²) in [5.41, 5.74) is 2.48. The van der Waals surface area contributed by atoms with E-state index in [2.05, 4.69) is 34.3 Å². The van der Waals surface area contributed by atoms with Crippen LogP contribution in [0.25, 0.3) is 0 Å². The number of hydrogen-bond donors (Lipinski definition) is 2. The van der Waals surface area contributed by atoms with Gasteiger partial charge in [-0.25, -0.2) is 4.98 Å². The molecule has 0 saturated carbocycles. The lowest BCUT2D eigenvalue weighted by Crippen LogP contribution is -2.20. The fourth-order valence-corrected chi connectivity index (χ4v) is 1.90. The molecule has 0 amide bonds. The Kier molecular flexibility index (Phi) is 4.50. The first-order chi connectivity index (χ1) is 8.81. The van der Waals surface area contributed by atoms with Crippen LogP contribution in [0.3, 0.4) is 0 Å². The molecule has 2 N–H and O–H groups in total. The van der Waals surface area contributed by atoms with Gasteiger partial charge in [0.05, 0.1) is 12.6 Å². The quantitative estimate of drug-likeness (QED) is 0.821. The van der Waals surface area contributed by atoms with Crippen LogP contribution in [0.4, 0.5) is 0 Å². The predicted molar refractivity (Wildman–Crippen MR) is 71.0 cm³/mol. The molecule has 1 heterocycles. The number of hydrogen-bond acceptors (Lipinski definition) is 3. The van der Waals surface area contributed by atoms with E-state index in [1.807, 2.05) is 18.3 Å². The Hall–Kier alpha value is -1.65. The van der Waals surface area contributed by atoms with Gasteiger partial charge in [-0.3, -0.25) is 0 Å². The maximum Gasteiger partial charge on any atom is 0.122 e. The van der Waals surface area contributed by atoms with Crippen LogP contribution in [-0.4, -0.2) is 17.1 Å². The number of rotatable bonds is 6. The molecule has 1 atom stereocenters. The van der Waals surface area contributed by atoms with Crippen LogP contribution >= 0.6 is 0 Å². The monoisotopic (exact) mass is 245 g/mol. The van der Waals surface area contributed by atoms with Gasteiger partial charge in [0.15, 0.2) is 0 Å². The molecule has 0 fully saturated rings. The van der Waals surface area contributed by atoms with Gasteiger partial charge in [-0.2, -0.15) is 0 Å². The van der Waals surface area contributed by atoms with Crippen molar-refractivity contribution in [2.24, 2.45) is 0 Å². The fraction of sp³-hybridized carbons (Fsp3) is 0.357. The van der Waals surface area contributed by atoms with Crippen LogP contribution in [-0.2, 0) is 17.9 Å². The van der Waals surface area contributed by atoms with Crippen molar-refractivity contribution in [2.75, 3.05) is 7.11 Å². The number of ether oxygens (including phenoxy) is 1. The average molecular weight is 245 g/mol. The van der Waals surface area contributed by atoms with Crippen LogP contribution < -0.4 is 5.32 Å². The molecule has 4 nitrogen and oxygen atoms in total. The zero-order valence-electron chi connectivity index (χ0n) is 10.8. The lowest BCUT2D eigenvalue weighted by molar-refractivity contribution is 0.184. The SMILES string of the molecule is COCc1ccccc1CNC(C)c1ncc[nH]1. The lowest BCUT2D eigenvalue weighted by Gasteiger charge is -2.14. The number of H-pyrrole nitrogens is 1. The van der Waals surface area contributed by atoms with E-state index in [1.165, 1.54) is 11.1 Å². The summed E-state index contributed by atoms with van der Waals surface area (Å²) in [6.07, 6.45) is 3.61. The van der Waals surface area contributed by atoms with E-state index in [0.29, 0.717) is 6.61 Å². The van der Waals surface area contributed by atoms with Gasteiger partial charge in [0.1, 0.15) is 5.82 Å². The minimum absolute atomic E-state index is 0.204. The average Bonchev–Trinajstić information content (AvgIpc) is 2.92. The fourth-order valence-electron chi connectivity index (χ4n) is 1.90. The highest BCUT2D eigenvalue weighted by Crippen LogP contribution is 2.12. The normalized spacial score (nSPS) is 12.6. The van der Waals surface area contributed by atoms with Gasteiger partial charge >= 0.3 is 0 Å². The highest BCUT2D eigenvalue weighted by atomic mass is 16.5. The second-order valence-electron chi connectivity index (χ2n) is 4.28. The predicted octanol–water partition coefficient (Wildman–Crippen LogP) is 2.41. The molecule has 18 heavy (non-hydrogen) atoms. The second-order valence-corrected chi connectivity index (χ2v) is 4.28. The van der Waals surface area contributed by atoms with E-state index >= 15 is 0 Å². The molecular weight excluding hydrogens is 226 g/mol. The molecule has 4 heteroatoms. The molecule has 0 aliphatic rings. The van der Waals surface area contributed by atoms with E-state index in [9.17, 15) is 0 Å². The maximum absolute atomic E-state index is 5.20. The van der Waals surface area contributed by atoms with Crippen molar-refractivity contribution >= 4 is 0 Å². The summed E-state index contributed by atoms with van der Waals surface area (Å²) < 4.78 is 5.20. The third-order valence-corrected chi connectivity index (χ3v) is 2.95. The largest absolute Gasteiger partial charge is 0.380 e. The summed E-state index contributed by atoms with van der Waals surface area (Å²) in [6, 6.07) is 8.51. The third kappa shape index (κ3) is 3.18. The molecule has 1 unspecified atom stereocenters. The summed E-state index contributed by atoms with van der Waals surface area (Å²) in [7, 11) is 1.72. The Balaban J connectivity index is 1.97. The molecule has 1 aromatic carbocycles. The van der Waals surface area contributed by atoms with E-state index in [4.69, 9.17) is 4.74 Å². The Morgan fingerprint density at radius 2 is 2.11 bits per heavy atom. The van der Waals surface area contributed by atoms with E-state index < -0.39 is 0 Å². The van der Waals surface area contributed by atoms with Gasteiger partial charge in [0, 0.05) is 26.0 Å². The molecule has 0 aliphatic heterocycles. The maximum atomic E-state index is 5.20. The van der Waals surface area contributed by atoms with Crippen molar-refractivity contribution < 1.29 is 4.74 Å². The van der Waals surface area contributed by atoms with Gasteiger partial charge in [-0.15, -0.1) is 0 Å². The number of methoxy groups -OCH3 is 1. The van der Waals surface area contributed by atoms with Crippen molar-refractivity contribution in [1.29, 1.82) is 0 Å². The summed E-state index contributed by atoms with van der Waals surface area (Å²) in [6.45, 7) is 3.55. The Bertz CT molecular complexity index is 468. The van der Waals surface area contributed by atoms with Gasteiger partial charge in [-0.1, -0.05) is 24.3 Å². The molecule has 1 aromatic heterocycles. The minimum Gasteiger partial charge on any atom is -0.380 e. The first-order valence-corrected chi connectivity index (χ1v) is 6.09. The molecule has 0 saturated heterocycles. The lowest BCUT2D eigenvalue weighted by atomic mass is 10.1. The summed E-state index contributed by atoms with van der Waals surface area (Å²) >= 11 is 0. The smallest absolute Gasteiger partial charge is 0.122 e. The van der Waals surface area contributed by atoms with E-state index in [-0.39, 0.29) is 6.04 Å². The van der Waals surface area contributed by atoms with Crippen LogP contribution in [0.1, 0.15) is 29.9 Å². The van der Waals surface area contributed by atoms with E-state index in [0.717, 1.165) is 12.4 Å². The van der Waals surface area contributed by atoms with Gasteiger partial charge in [0.25, 0.3) is 0 Å². The van der Waals surface area contributed by atoms with Crippen molar-refractivity contribution in [3.05, 3.63) is 53.6 Å². The zero-order valence-corrected chi connectivity index (χ0v) is 10.8. The van der Waals surface area contributed by atoms with Gasteiger partial charge < -0.3 is 15.0 Å². The summed E-state index contributed by atoms with van der Waals surface area (Å²) in [4.78, 5) is 7.36. The number of imidazole rings is 1. The van der Waals surface area contributed by atoms with Crippen LogP contribution in [0.5, 0.6) is 0 Å². The standard InChI is InChI=1S/C14H19N3O/c1-11(14-15-7-8-16-14)17-9-12-5-3-4-6-13(12)10-18-2/h3-8,11,17H,9-10H2,1-2H3,(H,15,16). The molecule has 0 bridgehead atoms. The van der Waals surface area contributed by atoms with E-state index in [1.54, 1.807) is 13.3 Å². The van der Waals surface area contributed by atoms with Crippen molar-refractivity contribution in [3.8, 4) is 0 Å². The van der Waals surface area contributed by atoms with Gasteiger partial charge in [0.2, 0.25) is 0 Å². The van der Waals surface area contributed by atoms with Crippen molar-refractivity contribution in [3.63, 3.8) is 0 Å². The molecule has 96 valence electrons. The number of benzene rings is 1. The van der Waals surface area contributed by atoms with Gasteiger partial charge in [-0.05, 0) is 18.1 Å². The minimum atomic E-state index is 0.204. The van der Waals surface area contributed by atoms with Crippen LogP contribution in [0, 0.1) is 0 Å². The highest BCUT2D eigenvalue weighted by Gasteiger charge is 2.08. The van der Waals surface area contributed by atoms with Crippen LogP contribution in [0.2, 0.25) is 0 Å². The molecule has 0 aliphatic carbocycles. The first-order valence-electron chi connectivity index (χ1n) is 6.09. The number of nitrogens with one attached hydrogen (secondary N) is 2. The topological polar surface area (TPSA) is 49.9 Å². The van der Waals surface area contributed by atoms with Crippen molar-refractivity contribution in [2.45, 2.75) is 26.1 Å². The summed E-state index contributed by atoms with van der Waals surface area (Å²) in [5, 5.41) is 3.45. The Morgan fingerprint density at radius 1 is 1.33 bits per heavy atom. The second kappa shape index (κ2) is 6.33. The Labute approximate surface area is 107 Å². The highest BCUT2D eigenvalue weighted by molar-refractivity contribution is 5.26. The Morgan fingerprint density at radius 3 is 2.78 bits per heavy atom. The number of aromatic nitrogens is 2. The first kappa shape index (κ1) is 12.8. The summed E-state index contributed by atoms with van der Waals surface area (Å²) in [5.74, 6) is 0.958. The number of aromatic amines is 1. The molecule has 2 aromatic rings. The van der Waals surface area contributed by atoms with Crippen molar-refractivity contribution in [1.82, 2.24) is 15.3 Å². The third-order valence-electron chi connectivity index (χ3n) is 2.95.